The molecule has 1 aliphatic heterocycles. The molecule has 0 amide bonds. The Morgan fingerprint density at radius 2 is 1.07 bits per heavy atom. The van der Waals surface area contributed by atoms with E-state index in [1.54, 1.807) is 0 Å². The highest BCUT2D eigenvalue weighted by Crippen LogP contribution is 2.50. The smallest absolute Gasteiger partial charge is 0.137 e. The van der Waals surface area contributed by atoms with E-state index in [9.17, 15) is 0 Å². The Labute approximate surface area is 451 Å². The lowest BCUT2D eigenvalue weighted by Crippen LogP contribution is -2.25. The predicted octanol–water partition coefficient (Wildman–Crippen LogP) is 19.7. The molecule has 3 heterocycles. The van der Waals surface area contributed by atoms with Crippen molar-refractivity contribution in [3.05, 3.63) is 228 Å². The van der Waals surface area contributed by atoms with Gasteiger partial charge in [0.1, 0.15) is 24.0 Å². The standard InChI is InChI=1S/C71H72N4O/c1-46(2)59-27-20-28-60(47(3)4)68(59)50-30-34-64-66(38-50)74(45-73(64)55-26-19-25-52(39-55)69(5,6)7)56-40-54(71(11,12)51-23-17-14-18-24-51)41-58(43-56)76-57-31-32-61-62-37-49(48-21-15-13-16-22-48)29-33-63(62)75(65(61)44-57)67-42-53(35-36-72-67)70(8,9)10/h13-44,46-47H,45H2,1-12H3. The lowest BCUT2D eigenvalue weighted by Gasteiger charge is -2.29. The minimum atomic E-state index is -0.362. The highest BCUT2D eigenvalue weighted by atomic mass is 16.5. The van der Waals surface area contributed by atoms with Crippen LogP contribution in [-0.2, 0) is 16.2 Å². The first-order valence-electron chi connectivity index (χ1n) is 27.3. The molecule has 2 aromatic heterocycles. The molecule has 8 aromatic carbocycles. The third-order valence-electron chi connectivity index (χ3n) is 15.9. The van der Waals surface area contributed by atoms with Gasteiger partial charge in [-0.2, -0.15) is 0 Å². The van der Waals surface area contributed by atoms with Gasteiger partial charge in [0.25, 0.3) is 0 Å². The molecular weight excluding hydrogens is 925 g/mol. The maximum atomic E-state index is 7.27. The third-order valence-corrected chi connectivity index (χ3v) is 15.9. The summed E-state index contributed by atoms with van der Waals surface area (Å²) in [4.78, 5) is 10.0. The van der Waals surface area contributed by atoms with Gasteiger partial charge in [-0.05, 0) is 151 Å². The minimum Gasteiger partial charge on any atom is -0.457 e. The van der Waals surface area contributed by atoms with Crippen molar-refractivity contribution in [2.45, 2.75) is 111 Å². The van der Waals surface area contributed by atoms with Crippen LogP contribution in [0.2, 0.25) is 0 Å². The second-order valence-corrected chi connectivity index (χ2v) is 24.2. The number of aromatic nitrogens is 2. The maximum absolute atomic E-state index is 7.27. The summed E-state index contributed by atoms with van der Waals surface area (Å²) in [6, 6.07) is 69.3. The van der Waals surface area contributed by atoms with Crippen LogP contribution < -0.4 is 14.5 Å². The van der Waals surface area contributed by atoms with Crippen LogP contribution in [0.1, 0.15) is 128 Å². The van der Waals surface area contributed by atoms with E-state index in [0.717, 1.165) is 45.0 Å². The van der Waals surface area contributed by atoms with Gasteiger partial charge in [-0.15, -0.1) is 0 Å². The van der Waals surface area contributed by atoms with Crippen LogP contribution in [0.15, 0.2) is 194 Å². The van der Waals surface area contributed by atoms with Crippen LogP contribution in [0, 0.1) is 0 Å². The molecule has 0 saturated heterocycles. The zero-order chi connectivity index (χ0) is 53.3. The molecule has 0 bridgehead atoms. The molecule has 0 spiro atoms. The van der Waals surface area contributed by atoms with Crippen molar-refractivity contribution < 1.29 is 4.74 Å². The van der Waals surface area contributed by atoms with E-state index in [1.165, 1.54) is 72.5 Å². The quantitative estimate of drug-likeness (QED) is 0.129. The molecular formula is C71H72N4O. The topological polar surface area (TPSA) is 33.5 Å². The molecule has 0 saturated carbocycles. The highest BCUT2D eigenvalue weighted by Gasteiger charge is 2.33. The lowest BCUT2D eigenvalue weighted by molar-refractivity contribution is 0.480. The average molecular weight is 997 g/mol. The number of ether oxygens (including phenoxy) is 1. The fourth-order valence-electron chi connectivity index (χ4n) is 11.3. The van der Waals surface area contributed by atoms with Crippen molar-refractivity contribution in [1.29, 1.82) is 0 Å². The maximum Gasteiger partial charge on any atom is 0.137 e. The van der Waals surface area contributed by atoms with E-state index in [0.29, 0.717) is 18.5 Å². The normalized spacial score (nSPS) is 13.1. The number of hydrogen-bond donors (Lipinski definition) is 0. The van der Waals surface area contributed by atoms with E-state index in [4.69, 9.17) is 9.72 Å². The molecule has 382 valence electrons. The fraction of sp³-hybridized carbons (Fsp3) is 0.254. The first kappa shape index (κ1) is 50.3. The minimum absolute atomic E-state index is 0.00500. The summed E-state index contributed by atoms with van der Waals surface area (Å²) in [6.45, 7) is 28.2. The Balaban J connectivity index is 1.10. The molecule has 1 aliphatic rings. The number of nitrogens with zero attached hydrogens (tertiary/aromatic N) is 4. The molecule has 10 aromatic rings. The van der Waals surface area contributed by atoms with E-state index in [2.05, 4.69) is 286 Å². The molecule has 11 rings (SSSR count). The van der Waals surface area contributed by atoms with Crippen molar-refractivity contribution in [2.24, 2.45) is 0 Å². The molecule has 5 heteroatoms. The van der Waals surface area contributed by atoms with Crippen LogP contribution in [0.3, 0.4) is 0 Å². The SMILES string of the molecule is CC(C)c1cccc(C(C)C)c1-c1ccc2c(c1)N(c1cc(Oc3ccc4c5cc(-c6ccccc6)ccc5n(-c5cc(C(C)(C)C)ccn5)c4c3)cc(C(C)(C)c3ccccc3)c1)CN2c1cccc(C(C)(C)C)c1. The second kappa shape index (κ2) is 19.4. The number of pyridine rings is 1. The van der Waals surface area contributed by atoms with Crippen LogP contribution >= 0.6 is 0 Å². The summed E-state index contributed by atoms with van der Waals surface area (Å²) in [5.74, 6) is 3.14. The van der Waals surface area contributed by atoms with Crippen LogP contribution in [-0.4, -0.2) is 16.2 Å². The Kier molecular flexibility index (Phi) is 12.8. The van der Waals surface area contributed by atoms with Gasteiger partial charge in [-0.25, -0.2) is 4.98 Å². The van der Waals surface area contributed by atoms with Gasteiger partial charge in [-0.1, -0.05) is 186 Å². The van der Waals surface area contributed by atoms with Crippen molar-refractivity contribution in [3.8, 4) is 39.6 Å². The third kappa shape index (κ3) is 9.35. The number of benzene rings is 8. The van der Waals surface area contributed by atoms with Gasteiger partial charge in [-0.3, -0.25) is 4.57 Å². The molecule has 0 radical (unpaired) electrons. The summed E-state index contributed by atoms with van der Waals surface area (Å²) >= 11 is 0. The van der Waals surface area contributed by atoms with Crippen molar-refractivity contribution in [3.63, 3.8) is 0 Å². The van der Waals surface area contributed by atoms with Crippen molar-refractivity contribution in [2.75, 3.05) is 16.5 Å². The molecule has 5 nitrogen and oxygen atoms in total. The van der Waals surface area contributed by atoms with Gasteiger partial charge in [0, 0.05) is 45.9 Å². The molecule has 0 fully saturated rings. The number of fused-ring (bicyclic) bond motifs is 4. The van der Waals surface area contributed by atoms with Gasteiger partial charge in [0.2, 0.25) is 0 Å². The molecule has 0 aliphatic carbocycles. The predicted molar refractivity (Wildman–Crippen MR) is 322 cm³/mol. The molecule has 0 unspecified atom stereocenters. The Morgan fingerprint density at radius 1 is 0.434 bits per heavy atom. The monoisotopic (exact) mass is 997 g/mol. The summed E-state index contributed by atoms with van der Waals surface area (Å²) in [6.07, 6.45) is 1.95. The summed E-state index contributed by atoms with van der Waals surface area (Å²) < 4.78 is 9.58. The van der Waals surface area contributed by atoms with Crippen molar-refractivity contribution >= 4 is 44.6 Å². The first-order valence-corrected chi connectivity index (χ1v) is 27.3. The van der Waals surface area contributed by atoms with Gasteiger partial charge >= 0.3 is 0 Å². The molecule has 76 heavy (non-hydrogen) atoms. The molecule has 0 atom stereocenters. The Morgan fingerprint density at radius 3 is 1.76 bits per heavy atom. The number of hydrogen-bond acceptors (Lipinski definition) is 4. The largest absolute Gasteiger partial charge is 0.457 e. The molecule has 0 N–H and O–H groups in total. The zero-order valence-corrected chi connectivity index (χ0v) is 46.5. The zero-order valence-electron chi connectivity index (χ0n) is 46.5. The van der Waals surface area contributed by atoms with Crippen LogP contribution in [0.25, 0.3) is 49.9 Å². The van der Waals surface area contributed by atoms with Gasteiger partial charge in [0.15, 0.2) is 0 Å². The summed E-state index contributed by atoms with van der Waals surface area (Å²) in [5, 5.41) is 2.31. The van der Waals surface area contributed by atoms with E-state index >= 15 is 0 Å². The summed E-state index contributed by atoms with van der Waals surface area (Å²) in [5.41, 5.74) is 18.9. The average Bonchev–Trinajstić information content (AvgIpc) is 3.99. The summed E-state index contributed by atoms with van der Waals surface area (Å²) in [7, 11) is 0. The van der Waals surface area contributed by atoms with E-state index in [1.807, 2.05) is 6.20 Å². The van der Waals surface area contributed by atoms with Crippen molar-refractivity contribution in [1.82, 2.24) is 9.55 Å². The van der Waals surface area contributed by atoms with Crippen LogP contribution in [0.4, 0.5) is 22.7 Å². The lowest BCUT2D eigenvalue weighted by atomic mass is 9.78. The number of anilines is 4. The number of rotatable bonds is 11. The van der Waals surface area contributed by atoms with Crippen LogP contribution in [0.5, 0.6) is 11.5 Å². The van der Waals surface area contributed by atoms with E-state index in [-0.39, 0.29) is 16.2 Å². The highest BCUT2D eigenvalue weighted by molar-refractivity contribution is 6.10. The second-order valence-electron chi connectivity index (χ2n) is 24.2. The fourth-order valence-corrected chi connectivity index (χ4v) is 11.3. The first-order chi connectivity index (χ1) is 36.3. The Hall–Kier alpha value is -7.89. The van der Waals surface area contributed by atoms with E-state index < -0.39 is 0 Å². The van der Waals surface area contributed by atoms with Gasteiger partial charge in [0.05, 0.1) is 22.4 Å². The Bertz CT molecular complexity index is 3750. The van der Waals surface area contributed by atoms with Gasteiger partial charge < -0.3 is 14.5 Å².